The third-order valence-electron chi connectivity index (χ3n) is 6.80. The van der Waals surface area contributed by atoms with Gasteiger partial charge in [0.25, 0.3) is 0 Å². The second kappa shape index (κ2) is 12.8. The largest absolute Gasteiger partial charge is 0.486 e. The number of rotatable bonds is 8. The molecule has 0 saturated heterocycles. The van der Waals surface area contributed by atoms with Crippen molar-refractivity contribution < 1.29 is 14.3 Å². The zero-order valence-corrected chi connectivity index (χ0v) is 26.3. The number of carbonyl (C=O) groups is 1. The third-order valence-corrected chi connectivity index (χ3v) is 7.43. The maximum atomic E-state index is 12.9. The molecule has 2 amide bonds. The second-order valence-corrected chi connectivity index (χ2v) is 12.1. The van der Waals surface area contributed by atoms with E-state index in [4.69, 9.17) is 37.7 Å². The molecule has 4 aromatic rings. The van der Waals surface area contributed by atoms with Crippen LogP contribution < -0.4 is 25.4 Å². The lowest BCUT2D eigenvalue weighted by Gasteiger charge is -2.30. The van der Waals surface area contributed by atoms with E-state index in [1.54, 1.807) is 24.4 Å². The molecule has 1 unspecified atom stereocenters. The lowest BCUT2D eigenvalue weighted by molar-refractivity contribution is 0.0616. The van der Waals surface area contributed by atoms with Gasteiger partial charge in [-0.2, -0.15) is 4.98 Å². The Hall–Kier alpha value is -3.86. The number of nitrogens with zero attached hydrogens (tertiary/aromatic N) is 4. The molecular weight excluding hydrogens is 589 g/mol. The summed E-state index contributed by atoms with van der Waals surface area (Å²) in [6.07, 6.45) is 1.59. The van der Waals surface area contributed by atoms with Crippen LogP contribution in [0.1, 0.15) is 34.6 Å². The first-order chi connectivity index (χ1) is 20.5. The van der Waals surface area contributed by atoms with E-state index in [1.807, 2.05) is 45.0 Å². The van der Waals surface area contributed by atoms with Crippen LogP contribution in [-0.4, -0.2) is 63.8 Å². The Bertz CT molecular complexity index is 1620. The van der Waals surface area contributed by atoms with Crippen molar-refractivity contribution in [1.82, 2.24) is 25.2 Å². The summed E-state index contributed by atoms with van der Waals surface area (Å²) in [5.41, 5.74) is 1.73. The molecule has 226 valence electrons. The van der Waals surface area contributed by atoms with Gasteiger partial charge in [-0.3, -0.25) is 5.32 Å². The van der Waals surface area contributed by atoms with Crippen molar-refractivity contribution in [3.05, 3.63) is 58.7 Å². The maximum Gasteiger partial charge on any atom is 0.320 e. The van der Waals surface area contributed by atoms with Gasteiger partial charge in [0.1, 0.15) is 18.5 Å². The summed E-state index contributed by atoms with van der Waals surface area (Å²) in [6.45, 7) is 13.1. The van der Waals surface area contributed by atoms with E-state index in [9.17, 15) is 4.79 Å². The van der Waals surface area contributed by atoms with Crippen molar-refractivity contribution in [2.45, 2.75) is 46.3 Å². The lowest BCUT2D eigenvalue weighted by Crippen LogP contribution is -2.43. The van der Waals surface area contributed by atoms with Gasteiger partial charge in [0.05, 0.1) is 10.0 Å². The Kier molecular flexibility index (Phi) is 9.10. The molecule has 43 heavy (non-hydrogen) atoms. The predicted octanol–water partition coefficient (Wildman–Crippen LogP) is 7.14. The Balaban J connectivity index is 1.45. The smallest absolute Gasteiger partial charge is 0.320 e. The number of hydrogen-bond acceptors (Lipinski definition) is 8. The van der Waals surface area contributed by atoms with Crippen LogP contribution >= 0.6 is 23.2 Å². The molecule has 1 aliphatic rings. The number of hydrogen-bond donors (Lipinski definition) is 3. The van der Waals surface area contributed by atoms with Crippen LogP contribution in [0.3, 0.4) is 0 Å². The standard InChI is InChI=1S/C31H35Cl2N7O3/c1-6-40(7-2)16-20-17-42-24-12-11-19(14-25(24)43-20)35-29-34-15-18-13-21(26-22(32)9-8-10-23(26)33)28(36-27(18)37-29)38-30(41)39-31(3,4)5/h8-15,20H,6-7,16-17H2,1-5H3,(H3,34,35,36,37,38,39,41). The maximum absolute atomic E-state index is 12.9. The van der Waals surface area contributed by atoms with Crippen molar-refractivity contribution in [2.75, 3.05) is 36.9 Å². The fourth-order valence-corrected chi connectivity index (χ4v) is 5.33. The van der Waals surface area contributed by atoms with Gasteiger partial charge in [-0.1, -0.05) is 43.1 Å². The van der Waals surface area contributed by atoms with Crippen LogP contribution in [0.4, 0.5) is 22.2 Å². The molecule has 0 bridgehead atoms. The number of urea groups is 1. The van der Waals surface area contributed by atoms with Gasteiger partial charge in [0.2, 0.25) is 5.95 Å². The van der Waals surface area contributed by atoms with Gasteiger partial charge in [-0.15, -0.1) is 0 Å². The molecule has 1 atom stereocenters. The summed E-state index contributed by atoms with van der Waals surface area (Å²) in [5, 5.41) is 10.4. The first kappa shape index (κ1) is 30.6. The van der Waals surface area contributed by atoms with E-state index in [2.05, 4.69) is 44.7 Å². The topological polar surface area (TPSA) is 114 Å². The summed E-state index contributed by atoms with van der Waals surface area (Å²) in [4.78, 5) is 29.0. The number of ether oxygens (including phenoxy) is 2. The molecule has 2 aromatic carbocycles. The zero-order valence-electron chi connectivity index (χ0n) is 24.8. The highest BCUT2D eigenvalue weighted by Crippen LogP contribution is 2.40. The summed E-state index contributed by atoms with van der Waals surface area (Å²) in [6, 6.07) is 12.2. The molecule has 0 spiro atoms. The fourth-order valence-electron chi connectivity index (χ4n) is 4.73. The van der Waals surface area contributed by atoms with Gasteiger partial charge in [-0.25, -0.2) is 14.8 Å². The van der Waals surface area contributed by atoms with Crippen molar-refractivity contribution in [3.63, 3.8) is 0 Å². The summed E-state index contributed by atoms with van der Waals surface area (Å²) >= 11 is 13.1. The number of aromatic nitrogens is 3. The van der Waals surface area contributed by atoms with Gasteiger partial charge < -0.3 is 25.0 Å². The molecule has 0 fully saturated rings. The minimum absolute atomic E-state index is 0.0639. The number of fused-ring (bicyclic) bond motifs is 2. The van der Waals surface area contributed by atoms with Crippen molar-refractivity contribution >= 4 is 57.7 Å². The van der Waals surface area contributed by atoms with Crippen molar-refractivity contribution in [2.24, 2.45) is 0 Å². The highest BCUT2D eigenvalue weighted by atomic mass is 35.5. The van der Waals surface area contributed by atoms with E-state index < -0.39 is 11.6 Å². The predicted molar refractivity (Wildman–Crippen MR) is 172 cm³/mol. The second-order valence-electron chi connectivity index (χ2n) is 11.2. The van der Waals surface area contributed by atoms with Crippen LogP contribution in [-0.2, 0) is 0 Å². The van der Waals surface area contributed by atoms with E-state index in [0.29, 0.717) is 56.3 Å². The average Bonchev–Trinajstić information content (AvgIpc) is 2.95. The molecule has 0 saturated carbocycles. The van der Waals surface area contributed by atoms with Gasteiger partial charge in [0, 0.05) is 46.5 Å². The van der Waals surface area contributed by atoms with Crippen LogP contribution in [0, 0.1) is 0 Å². The van der Waals surface area contributed by atoms with Crippen molar-refractivity contribution in [1.29, 1.82) is 0 Å². The quantitative estimate of drug-likeness (QED) is 0.190. The van der Waals surface area contributed by atoms with Crippen LogP contribution in [0.25, 0.3) is 22.2 Å². The molecule has 2 aromatic heterocycles. The number of likely N-dealkylation sites (N-methyl/N-ethyl adjacent to an activating group) is 1. The number of halogens is 2. The number of carbonyl (C=O) groups excluding carboxylic acids is 1. The SMILES string of the molecule is CCN(CC)CC1COc2ccc(Nc3ncc4cc(-c5c(Cl)cccc5Cl)c(NC(=O)NC(C)(C)C)nc4n3)cc2O1. The van der Waals surface area contributed by atoms with Crippen molar-refractivity contribution in [3.8, 4) is 22.6 Å². The highest BCUT2D eigenvalue weighted by Gasteiger charge is 2.24. The van der Waals surface area contributed by atoms with Crippen LogP contribution in [0.5, 0.6) is 11.5 Å². The number of benzene rings is 2. The number of anilines is 3. The minimum Gasteiger partial charge on any atom is -0.486 e. The summed E-state index contributed by atoms with van der Waals surface area (Å²) in [5.74, 6) is 1.93. The van der Waals surface area contributed by atoms with E-state index in [1.165, 1.54) is 0 Å². The Morgan fingerprint density at radius 3 is 2.49 bits per heavy atom. The van der Waals surface area contributed by atoms with Crippen LogP contribution in [0.2, 0.25) is 10.0 Å². The molecule has 12 heteroatoms. The van der Waals surface area contributed by atoms with E-state index in [-0.39, 0.29) is 11.9 Å². The van der Waals surface area contributed by atoms with E-state index in [0.717, 1.165) is 25.3 Å². The summed E-state index contributed by atoms with van der Waals surface area (Å²) in [7, 11) is 0. The number of pyridine rings is 1. The normalized spacial score (nSPS) is 14.6. The Morgan fingerprint density at radius 2 is 1.79 bits per heavy atom. The molecule has 1 aliphatic heterocycles. The molecule has 3 N–H and O–H groups in total. The molecule has 10 nitrogen and oxygen atoms in total. The molecule has 0 radical (unpaired) electrons. The first-order valence-corrected chi connectivity index (χ1v) is 14.9. The molecule has 3 heterocycles. The monoisotopic (exact) mass is 623 g/mol. The number of amides is 2. The fraction of sp³-hybridized carbons (Fsp3) is 0.355. The van der Waals surface area contributed by atoms with Gasteiger partial charge in [0.15, 0.2) is 17.1 Å². The van der Waals surface area contributed by atoms with Gasteiger partial charge in [-0.05, 0) is 64.2 Å². The Morgan fingerprint density at radius 1 is 1.05 bits per heavy atom. The molecular formula is C31H35Cl2N7O3. The molecule has 0 aliphatic carbocycles. The average molecular weight is 625 g/mol. The number of nitrogens with one attached hydrogen (secondary N) is 3. The third kappa shape index (κ3) is 7.38. The minimum atomic E-state index is -0.461. The highest BCUT2D eigenvalue weighted by molar-refractivity contribution is 6.39. The van der Waals surface area contributed by atoms with E-state index >= 15 is 0 Å². The zero-order chi connectivity index (χ0) is 30.7. The molecule has 5 rings (SSSR count). The van der Waals surface area contributed by atoms with Gasteiger partial charge >= 0.3 is 6.03 Å². The summed E-state index contributed by atoms with van der Waals surface area (Å²) < 4.78 is 12.2. The van der Waals surface area contributed by atoms with Crippen LogP contribution in [0.15, 0.2) is 48.7 Å². The first-order valence-electron chi connectivity index (χ1n) is 14.2. The Labute approximate surface area is 261 Å². The lowest BCUT2D eigenvalue weighted by atomic mass is 10.0.